The fourth-order valence-electron chi connectivity index (χ4n) is 2.82. The van der Waals surface area contributed by atoms with Gasteiger partial charge in [0.2, 0.25) is 0 Å². The summed E-state index contributed by atoms with van der Waals surface area (Å²) in [5, 5.41) is 0. The maximum atomic E-state index is 5.83. The summed E-state index contributed by atoms with van der Waals surface area (Å²) in [4.78, 5) is 0. The Balaban J connectivity index is 1.86. The van der Waals surface area contributed by atoms with Crippen molar-refractivity contribution in [2.75, 3.05) is 14.2 Å². The highest BCUT2D eigenvalue weighted by Crippen LogP contribution is 2.37. The first-order valence-corrected chi connectivity index (χ1v) is 7.42. The molecule has 1 aliphatic rings. The SMILES string of the molecule is COc1ccc(C2=CCC(OC)(c3ccccc3)C=C2)cc1. The zero-order chi connectivity index (χ0) is 15.4. The van der Waals surface area contributed by atoms with Crippen LogP contribution in [0.1, 0.15) is 17.5 Å². The van der Waals surface area contributed by atoms with E-state index in [1.54, 1.807) is 14.2 Å². The molecule has 2 aromatic carbocycles. The predicted octanol–water partition coefficient (Wildman–Crippen LogP) is 4.58. The normalized spacial score (nSPS) is 20.5. The van der Waals surface area contributed by atoms with E-state index in [1.807, 2.05) is 30.3 Å². The molecule has 0 spiro atoms. The van der Waals surface area contributed by atoms with Crippen LogP contribution in [0.2, 0.25) is 0 Å². The molecule has 0 radical (unpaired) electrons. The Morgan fingerprint density at radius 3 is 2.18 bits per heavy atom. The number of methoxy groups -OCH3 is 2. The maximum absolute atomic E-state index is 5.83. The largest absolute Gasteiger partial charge is 0.497 e. The molecule has 0 bridgehead atoms. The van der Waals surface area contributed by atoms with Gasteiger partial charge in [-0.2, -0.15) is 0 Å². The average Bonchev–Trinajstić information content (AvgIpc) is 2.63. The van der Waals surface area contributed by atoms with Crippen LogP contribution < -0.4 is 4.74 Å². The zero-order valence-corrected chi connectivity index (χ0v) is 13.0. The second-order valence-corrected chi connectivity index (χ2v) is 5.39. The minimum Gasteiger partial charge on any atom is -0.497 e. The van der Waals surface area contributed by atoms with Crippen molar-refractivity contribution in [1.29, 1.82) is 0 Å². The third-order valence-electron chi connectivity index (χ3n) is 4.21. The van der Waals surface area contributed by atoms with Crippen LogP contribution in [0.25, 0.3) is 5.57 Å². The second kappa shape index (κ2) is 6.20. The molecule has 1 unspecified atom stereocenters. The van der Waals surface area contributed by atoms with E-state index in [4.69, 9.17) is 9.47 Å². The van der Waals surface area contributed by atoms with E-state index in [0.29, 0.717) is 0 Å². The maximum Gasteiger partial charge on any atom is 0.118 e. The van der Waals surface area contributed by atoms with Crippen molar-refractivity contribution in [2.45, 2.75) is 12.0 Å². The third-order valence-corrected chi connectivity index (χ3v) is 4.21. The van der Waals surface area contributed by atoms with Crippen molar-refractivity contribution in [2.24, 2.45) is 0 Å². The zero-order valence-electron chi connectivity index (χ0n) is 13.0. The lowest BCUT2D eigenvalue weighted by atomic mass is 9.84. The number of ether oxygens (including phenoxy) is 2. The van der Waals surface area contributed by atoms with Gasteiger partial charge in [-0.1, -0.05) is 54.6 Å². The third kappa shape index (κ3) is 2.70. The summed E-state index contributed by atoms with van der Waals surface area (Å²) in [5.74, 6) is 0.875. The van der Waals surface area contributed by atoms with Crippen LogP contribution in [-0.4, -0.2) is 14.2 Å². The van der Waals surface area contributed by atoms with Crippen molar-refractivity contribution in [3.8, 4) is 5.75 Å². The summed E-state index contributed by atoms with van der Waals surface area (Å²) in [6.45, 7) is 0. The van der Waals surface area contributed by atoms with E-state index in [2.05, 4.69) is 42.5 Å². The molecule has 2 aromatic rings. The number of hydrogen-bond acceptors (Lipinski definition) is 2. The van der Waals surface area contributed by atoms with Gasteiger partial charge in [0.25, 0.3) is 0 Å². The van der Waals surface area contributed by atoms with Crippen LogP contribution in [0, 0.1) is 0 Å². The van der Waals surface area contributed by atoms with Crippen molar-refractivity contribution >= 4 is 5.57 Å². The van der Waals surface area contributed by atoms with Crippen LogP contribution in [-0.2, 0) is 10.3 Å². The molecule has 0 saturated carbocycles. The van der Waals surface area contributed by atoms with Gasteiger partial charge >= 0.3 is 0 Å². The van der Waals surface area contributed by atoms with Gasteiger partial charge in [-0.25, -0.2) is 0 Å². The van der Waals surface area contributed by atoms with E-state index in [0.717, 1.165) is 12.2 Å². The molecule has 0 N–H and O–H groups in total. The minimum atomic E-state index is -0.364. The summed E-state index contributed by atoms with van der Waals surface area (Å²) < 4.78 is 11.0. The monoisotopic (exact) mass is 292 g/mol. The lowest BCUT2D eigenvalue weighted by Crippen LogP contribution is -2.26. The first-order chi connectivity index (χ1) is 10.8. The quantitative estimate of drug-likeness (QED) is 0.821. The van der Waals surface area contributed by atoms with E-state index in [1.165, 1.54) is 16.7 Å². The molecular formula is C20H20O2. The summed E-state index contributed by atoms with van der Waals surface area (Å²) in [5.41, 5.74) is 3.22. The molecule has 1 atom stereocenters. The molecule has 0 amide bonds. The van der Waals surface area contributed by atoms with Crippen molar-refractivity contribution in [1.82, 2.24) is 0 Å². The lowest BCUT2D eigenvalue weighted by Gasteiger charge is -2.31. The highest BCUT2D eigenvalue weighted by Gasteiger charge is 2.30. The van der Waals surface area contributed by atoms with E-state index in [-0.39, 0.29) is 5.60 Å². The molecule has 112 valence electrons. The Kier molecular flexibility index (Phi) is 4.12. The highest BCUT2D eigenvalue weighted by molar-refractivity contribution is 5.76. The molecule has 2 nitrogen and oxygen atoms in total. The molecule has 3 rings (SSSR count). The van der Waals surface area contributed by atoms with Gasteiger partial charge in [0.1, 0.15) is 11.4 Å². The minimum absolute atomic E-state index is 0.364. The fourth-order valence-corrected chi connectivity index (χ4v) is 2.82. The Labute approximate surface area is 131 Å². The first-order valence-electron chi connectivity index (χ1n) is 7.42. The van der Waals surface area contributed by atoms with Gasteiger partial charge in [0, 0.05) is 13.5 Å². The van der Waals surface area contributed by atoms with E-state index in [9.17, 15) is 0 Å². The number of hydrogen-bond donors (Lipinski definition) is 0. The smallest absolute Gasteiger partial charge is 0.118 e. The van der Waals surface area contributed by atoms with Crippen molar-refractivity contribution < 1.29 is 9.47 Å². The fraction of sp³-hybridized carbons (Fsp3) is 0.200. The standard InChI is InChI=1S/C20H20O2/c1-21-19-10-8-16(9-11-19)17-12-14-20(22-2,15-13-17)18-6-4-3-5-7-18/h3-14H,15H2,1-2H3. The van der Waals surface area contributed by atoms with Gasteiger partial charge in [-0.05, 0) is 34.9 Å². The van der Waals surface area contributed by atoms with Gasteiger partial charge < -0.3 is 9.47 Å². The molecule has 1 aliphatic carbocycles. The number of benzene rings is 2. The highest BCUT2D eigenvalue weighted by atomic mass is 16.5. The summed E-state index contributed by atoms with van der Waals surface area (Å²) in [7, 11) is 3.45. The van der Waals surface area contributed by atoms with E-state index < -0.39 is 0 Å². The topological polar surface area (TPSA) is 18.5 Å². The Morgan fingerprint density at radius 2 is 1.64 bits per heavy atom. The van der Waals surface area contributed by atoms with Gasteiger partial charge in [-0.3, -0.25) is 0 Å². The van der Waals surface area contributed by atoms with Gasteiger partial charge in [-0.15, -0.1) is 0 Å². The Bertz CT molecular complexity index is 683. The molecule has 22 heavy (non-hydrogen) atoms. The predicted molar refractivity (Wildman–Crippen MR) is 89.9 cm³/mol. The Morgan fingerprint density at radius 1 is 0.909 bits per heavy atom. The number of rotatable bonds is 4. The summed E-state index contributed by atoms with van der Waals surface area (Å²) in [6.07, 6.45) is 7.35. The lowest BCUT2D eigenvalue weighted by molar-refractivity contribution is 0.0310. The molecular weight excluding hydrogens is 272 g/mol. The molecule has 0 aromatic heterocycles. The summed E-state index contributed by atoms with van der Waals surface area (Å²) >= 11 is 0. The average molecular weight is 292 g/mol. The van der Waals surface area contributed by atoms with Crippen LogP contribution >= 0.6 is 0 Å². The number of allylic oxidation sites excluding steroid dienone is 2. The van der Waals surface area contributed by atoms with Gasteiger partial charge in [0.05, 0.1) is 7.11 Å². The van der Waals surface area contributed by atoms with Crippen LogP contribution in [0.4, 0.5) is 0 Å². The second-order valence-electron chi connectivity index (χ2n) is 5.39. The molecule has 0 saturated heterocycles. The molecule has 0 heterocycles. The summed E-state index contributed by atoms with van der Waals surface area (Å²) in [6, 6.07) is 18.5. The molecule has 0 aliphatic heterocycles. The van der Waals surface area contributed by atoms with Crippen LogP contribution in [0.5, 0.6) is 5.75 Å². The Hall–Kier alpha value is -2.32. The molecule has 0 fully saturated rings. The van der Waals surface area contributed by atoms with E-state index >= 15 is 0 Å². The molecule has 2 heteroatoms. The van der Waals surface area contributed by atoms with Crippen LogP contribution in [0.15, 0.2) is 72.8 Å². The first kappa shape index (κ1) is 14.6. The van der Waals surface area contributed by atoms with Crippen LogP contribution in [0.3, 0.4) is 0 Å². The van der Waals surface area contributed by atoms with Crippen molar-refractivity contribution in [3.05, 3.63) is 84.0 Å². The van der Waals surface area contributed by atoms with Crippen molar-refractivity contribution in [3.63, 3.8) is 0 Å². The van der Waals surface area contributed by atoms with Gasteiger partial charge in [0.15, 0.2) is 0 Å².